The summed E-state index contributed by atoms with van der Waals surface area (Å²) < 4.78 is 27.2. The lowest BCUT2D eigenvalue weighted by Gasteiger charge is -2.25. The molecule has 0 heterocycles. The minimum Gasteiger partial charge on any atom is -0.388 e. The standard InChI is InChI=1S/C15H26N2O2S/c1-11(2)15(12(3)4)10-17-20(18,19)14-8-6-13(16-5)7-9-14/h6-9,11-12,15-17H,10H2,1-5H3. The van der Waals surface area contributed by atoms with Gasteiger partial charge in [-0.1, -0.05) is 27.7 Å². The van der Waals surface area contributed by atoms with Crippen molar-refractivity contribution < 1.29 is 8.42 Å². The van der Waals surface area contributed by atoms with Gasteiger partial charge in [0.2, 0.25) is 10.0 Å². The number of hydrogen-bond donors (Lipinski definition) is 2. The molecule has 0 aromatic heterocycles. The molecule has 0 aliphatic rings. The molecule has 1 aromatic carbocycles. The third-order valence-corrected chi connectivity index (χ3v) is 5.11. The fraction of sp³-hybridized carbons (Fsp3) is 0.600. The van der Waals surface area contributed by atoms with E-state index in [4.69, 9.17) is 0 Å². The van der Waals surface area contributed by atoms with Gasteiger partial charge in [-0.15, -0.1) is 0 Å². The molecule has 1 rings (SSSR count). The van der Waals surface area contributed by atoms with Crippen molar-refractivity contribution in [2.24, 2.45) is 17.8 Å². The summed E-state index contributed by atoms with van der Waals surface area (Å²) in [6, 6.07) is 6.76. The second kappa shape index (κ2) is 7.09. The Kier molecular flexibility index (Phi) is 6.02. The Morgan fingerprint density at radius 3 is 1.90 bits per heavy atom. The van der Waals surface area contributed by atoms with Gasteiger partial charge >= 0.3 is 0 Å². The van der Waals surface area contributed by atoms with Crippen molar-refractivity contribution in [3.8, 4) is 0 Å². The number of nitrogens with one attached hydrogen (secondary N) is 2. The Morgan fingerprint density at radius 1 is 1.00 bits per heavy atom. The maximum atomic E-state index is 12.2. The molecule has 114 valence electrons. The lowest BCUT2D eigenvalue weighted by atomic mass is 9.86. The lowest BCUT2D eigenvalue weighted by molar-refractivity contribution is 0.289. The zero-order valence-corrected chi connectivity index (χ0v) is 13.8. The average molecular weight is 298 g/mol. The molecular weight excluding hydrogens is 272 g/mol. The maximum Gasteiger partial charge on any atom is 0.240 e. The van der Waals surface area contributed by atoms with E-state index in [0.29, 0.717) is 29.2 Å². The van der Waals surface area contributed by atoms with Gasteiger partial charge in [0.05, 0.1) is 4.90 Å². The van der Waals surface area contributed by atoms with Crippen LogP contribution >= 0.6 is 0 Å². The lowest BCUT2D eigenvalue weighted by Crippen LogP contribution is -2.33. The van der Waals surface area contributed by atoms with Crippen LogP contribution in [0, 0.1) is 17.8 Å². The van der Waals surface area contributed by atoms with E-state index in [1.165, 1.54) is 0 Å². The molecule has 5 heteroatoms. The highest BCUT2D eigenvalue weighted by Crippen LogP contribution is 2.20. The maximum absolute atomic E-state index is 12.2. The first-order valence-electron chi connectivity index (χ1n) is 7.05. The molecule has 1 aromatic rings. The van der Waals surface area contributed by atoms with E-state index in [0.717, 1.165) is 5.69 Å². The van der Waals surface area contributed by atoms with Crippen molar-refractivity contribution >= 4 is 15.7 Å². The zero-order valence-electron chi connectivity index (χ0n) is 13.0. The van der Waals surface area contributed by atoms with Gasteiger partial charge in [0.25, 0.3) is 0 Å². The predicted octanol–water partition coefficient (Wildman–Crippen LogP) is 2.93. The summed E-state index contributed by atoms with van der Waals surface area (Å²) in [6.07, 6.45) is 0. The Labute approximate surface area is 123 Å². The van der Waals surface area contributed by atoms with Gasteiger partial charge in [-0.05, 0) is 42.0 Å². The molecule has 4 nitrogen and oxygen atoms in total. The Bertz CT molecular complexity index is 499. The molecule has 0 bridgehead atoms. The van der Waals surface area contributed by atoms with Gasteiger partial charge in [0.1, 0.15) is 0 Å². The Hall–Kier alpha value is -1.07. The molecule has 0 aliphatic carbocycles. The topological polar surface area (TPSA) is 58.2 Å². The van der Waals surface area contributed by atoms with Crippen LogP contribution in [0.4, 0.5) is 5.69 Å². The van der Waals surface area contributed by atoms with Crippen LogP contribution in [0.2, 0.25) is 0 Å². The molecule has 2 N–H and O–H groups in total. The number of benzene rings is 1. The van der Waals surface area contributed by atoms with E-state index in [9.17, 15) is 8.42 Å². The molecule has 0 unspecified atom stereocenters. The molecule has 0 atom stereocenters. The Balaban J connectivity index is 2.78. The molecule has 20 heavy (non-hydrogen) atoms. The van der Waals surface area contributed by atoms with E-state index >= 15 is 0 Å². The van der Waals surface area contributed by atoms with E-state index in [2.05, 4.69) is 37.7 Å². The first kappa shape index (κ1) is 17.0. The molecule has 0 aliphatic heterocycles. The van der Waals surface area contributed by atoms with Crippen molar-refractivity contribution in [1.82, 2.24) is 4.72 Å². The van der Waals surface area contributed by atoms with Crippen LogP contribution in [0.25, 0.3) is 0 Å². The third kappa shape index (κ3) is 4.49. The first-order valence-corrected chi connectivity index (χ1v) is 8.53. The summed E-state index contributed by atoms with van der Waals surface area (Å²) in [6.45, 7) is 8.98. The summed E-state index contributed by atoms with van der Waals surface area (Å²) in [5.74, 6) is 1.23. The van der Waals surface area contributed by atoms with Gasteiger partial charge in [0, 0.05) is 19.3 Å². The predicted molar refractivity (Wildman–Crippen MR) is 84.3 cm³/mol. The van der Waals surface area contributed by atoms with Crippen LogP contribution in [0.15, 0.2) is 29.2 Å². The number of rotatable bonds is 7. The van der Waals surface area contributed by atoms with Crippen LogP contribution in [0.5, 0.6) is 0 Å². The van der Waals surface area contributed by atoms with E-state index in [-0.39, 0.29) is 0 Å². The van der Waals surface area contributed by atoms with E-state index < -0.39 is 10.0 Å². The normalized spacial score (nSPS) is 12.4. The molecule has 0 fully saturated rings. The second-order valence-electron chi connectivity index (χ2n) is 5.78. The zero-order chi connectivity index (χ0) is 15.3. The van der Waals surface area contributed by atoms with Crippen LogP contribution in [-0.4, -0.2) is 22.0 Å². The third-order valence-electron chi connectivity index (χ3n) is 3.67. The highest BCUT2D eigenvalue weighted by molar-refractivity contribution is 7.89. The van der Waals surface area contributed by atoms with Crippen molar-refractivity contribution in [3.63, 3.8) is 0 Å². The van der Waals surface area contributed by atoms with Gasteiger partial charge in [-0.2, -0.15) is 0 Å². The highest BCUT2D eigenvalue weighted by Gasteiger charge is 2.21. The van der Waals surface area contributed by atoms with Gasteiger partial charge in [-0.25, -0.2) is 13.1 Å². The van der Waals surface area contributed by atoms with E-state index in [1.807, 2.05) is 0 Å². The Morgan fingerprint density at radius 2 is 1.50 bits per heavy atom. The monoisotopic (exact) mass is 298 g/mol. The molecule has 0 radical (unpaired) electrons. The minimum atomic E-state index is -3.43. The van der Waals surface area contributed by atoms with Crippen LogP contribution in [-0.2, 0) is 10.0 Å². The smallest absolute Gasteiger partial charge is 0.240 e. The average Bonchev–Trinajstić information content (AvgIpc) is 2.38. The molecular formula is C15H26N2O2S. The summed E-state index contributed by atoms with van der Waals surface area (Å²) in [5.41, 5.74) is 0.895. The van der Waals surface area contributed by atoms with Crippen LogP contribution in [0.1, 0.15) is 27.7 Å². The number of sulfonamides is 1. The summed E-state index contributed by atoms with van der Waals surface area (Å²) in [5, 5.41) is 2.97. The molecule has 0 saturated carbocycles. The SMILES string of the molecule is CNc1ccc(S(=O)(=O)NCC(C(C)C)C(C)C)cc1. The number of hydrogen-bond acceptors (Lipinski definition) is 3. The number of anilines is 1. The quantitative estimate of drug-likeness (QED) is 0.813. The van der Waals surface area contributed by atoms with Crippen LogP contribution < -0.4 is 10.0 Å². The van der Waals surface area contributed by atoms with Crippen molar-refractivity contribution in [2.75, 3.05) is 18.9 Å². The van der Waals surface area contributed by atoms with Crippen molar-refractivity contribution in [1.29, 1.82) is 0 Å². The van der Waals surface area contributed by atoms with Crippen LogP contribution in [0.3, 0.4) is 0 Å². The first-order chi connectivity index (χ1) is 9.27. The highest BCUT2D eigenvalue weighted by atomic mass is 32.2. The summed E-state index contributed by atoms with van der Waals surface area (Å²) >= 11 is 0. The van der Waals surface area contributed by atoms with Gasteiger partial charge in [0.15, 0.2) is 0 Å². The summed E-state index contributed by atoms with van der Waals surface area (Å²) in [7, 11) is -1.62. The fourth-order valence-electron chi connectivity index (χ4n) is 2.33. The molecule has 0 saturated heterocycles. The minimum absolute atomic E-state index is 0.308. The molecule has 0 spiro atoms. The largest absolute Gasteiger partial charge is 0.388 e. The van der Waals surface area contributed by atoms with Crippen molar-refractivity contribution in [3.05, 3.63) is 24.3 Å². The van der Waals surface area contributed by atoms with Crippen molar-refractivity contribution in [2.45, 2.75) is 32.6 Å². The van der Waals surface area contributed by atoms with E-state index in [1.54, 1.807) is 31.3 Å². The van der Waals surface area contributed by atoms with Gasteiger partial charge < -0.3 is 5.32 Å². The van der Waals surface area contributed by atoms with Gasteiger partial charge in [-0.3, -0.25) is 0 Å². The summed E-state index contributed by atoms with van der Waals surface area (Å²) in [4.78, 5) is 0.308. The fourth-order valence-corrected chi connectivity index (χ4v) is 3.40. The second-order valence-corrected chi connectivity index (χ2v) is 7.55. The molecule has 0 amide bonds.